The van der Waals surface area contributed by atoms with Crippen LogP contribution in [-0.2, 0) is 27.9 Å². The van der Waals surface area contributed by atoms with Crippen LogP contribution >= 0.6 is 7.82 Å². The standard InChI is InChI=1S/C48H88NO8P/c1-3-5-7-9-11-13-15-17-19-21-22-23-24-25-26-28-30-32-34-36-38-40-47(51)49-42-43-56-58(53,54)57-45-46(50)44-55-48(52)41-39-37-35-33-31-29-27-20-18-16-14-12-10-8-6-4-2/h11,13,17,19,22-23,25-26,46,50H,3-10,12,14-16,18,20-21,24,27-45H2,1-2H3,(H,49,51)(H,53,54)/b13-11-,19-17-,23-22-,26-25-. The van der Waals surface area contributed by atoms with E-state index < -0.39 is 26.5 Å². The van der Waals surface area contributed by atoms with Gasteiger partial charge in [-0.2, -0.15) is 0 Å². The zero-order valence-electron chi connectivity index (χ0n) is 37.2. The molecule has 2 atom stereocenters. The van der Waals surface area contributed by atoms with Crippen molar-refractivity contribution in [3.8, 4) is 0 Å². The van der Waals surface area contributed by atoms with Crippen molar-refractivity contribution in [3.63, 3.8) is 0 Å². The second-order valence-corrected chi connectivity index (χ2v) is 17.2. The summed E-state index contributed by atoms with van der Waals surface area (Å²) in [6.45, 7) is 3.52. The highest BCUT2D eigenvalue weighted by molar-refractivity contribution is 7.47. The second kappa shape index (κ2) is 44.5. The predicted octanol–water partition coefficient (Wildman–Crippen LogP) is 13.5. The minimum absolute atomic E-state index is 0.0708. The second-order valence-electron chi connectivity index (χ2n) is 15.7. The summed E-state index contributed by atoms with van der Waals surface area (Å²) in [7, 11) is -4.42. The van der Waals surface area contributed by atoms with Crippen molar-refractivity contribution >= 4 is 19.7 Å². The number of aliphatic hydroxyl groups excluding tert-OH is 1. The Morgan fingerprint density at radius 3 is 1.43 bits per heavy atom. The molecule has 0 bridgehead atoms. The maximum Gasteiger partial charge on any atom is 0.472 e. The molecule has 0 saturated carbocycles. The topological polar surface area (TPSA) is 131 Å². The third kappa shape index (κ3) is 45.1. The van der Waals surface area contributed by atoms with Crippen LogP contribution in [0.5, 0.6) is 0 Å². The summed E-state index contributed by atoms with van der Waals surface area (Å²) in [5, 5.41) is 12.7. The lowest BCUT2D eigenvalue weighted by Gasteiger charge is -2.15. The van der Waals surface area contributed by atoms with Gasteiger partial charge in [0.25, 0.3) is 0 Å². The number of phosphoric ester groups is 1. The molecule has 1 amide bonds. The average molecular weight is 838 g/mol. The minimum atomic E-state index is -4.42. The van der Waals surface area contributed by atoms with Crippen LogP contribution in [0.2, 0.25) is 0 Å². The van der Waals surface area contributed by atoms with E-state index in [0.29, 0.717) is 6.42 Å². The van der Waals surface area contributed by atoms with Crippen molar-refractivity contribution in [3.05, 3.63) is 48.6 Å². The van der Waals surface area contributed by atoms with Crippen molar-refractivity contribution in [1.82, 2.24) is 5.32 Å². The molecule has 0 aliphatic carbocycles. The molecule has 0 saturated heterocycles. The van der Waals surface area contributed by atoms with E-state index in [2.05, 4.69) is 67.8 Å². The third-order valence-electron chi connectivity index (χ3n) is 10.0. The molecule has 0 aliphatic rings. The normalized spacial score (nSPS) is 13.7. The van der Waals surface area contributed by atoms with Crippen molar-refractivity contribution in [1.29, 1.82) is 0 Å². The fourth-order valence-corrected chi connectivity index (χ4v) is 7.18. The molecule has 0 fully saturated rings. The number of ether oxygens (including phenoxy) is 1. The number of allylic oxidation sites excluding steroid dienone is 8. The van der Waals surface area contributed by atoms with E-state index in [4.69, 9.17) is 13.8 Å². The van der Waals surface area contributed by atoms with E-state index in [9.17, 15) is 24.2 Å². The van der Waals surface area contributed by atoms with Crippen molar-refractivity contribution in [2.24, 2.45) is 0 Å². The van der Waals surface area contributed by atoms with E-state index in [0.717, 1.165) is 77.0 Å². The van der Waals surface area contributed by atoms with Crippen LogP contribution in [0, 0.1) is 0 Å². The summed E-state index contributed by atoms with van der Waals surface area (Å²) < 4.78 is 26.9. The Hall–Kier alpha value is -2.03. The smallest absolute Gasteiger partial charge is 0.463 e. The summed E-state index contributed by atoms with van der Waals surface area (Å²) in [6.07, 6.45) is 51.8. The summed E-state index contributed by atoms with van der Waals surface area (Å²) >= 11 is 0. The Kier molecular flexibility index (Phi) is 43.0. The number of amides is 1. The van der Waals surface area contributed by atoms with Gasteiger partial charge in [-0.1, -0.05) is 191 Å². The fraction of sp³-hybridized carbons (Fsp3) is 0.792. The molecule has 2 unspecified atom stereocenters. The van der Waals surface area contributed by atoms with Crippen LogP contribution in [0.1, 0.15) is 213 Å². The van der Waals surface area contributed by atoms with Crippen molar-refractivity contribution in [2.45, 2.75) is 219 Å². The monoisotopic (exact) mass is 838 g/mol. The number of aliphatic hydroxyl groups is 1. The van der Waals surface area contributed by atoms with Crippen LogP contribution in [0.4, 0.5) is 0 Å². The Bertz CT molecular complexity index is 1090. The van der Waals surface area contributed by atoms with Crippen LogP contribution in [0.25, 0.3) is 0 Å². The highest BCUT2D eigenvalue weighted by atomic mass is 31.2. The average Bonchev–Trinajstić information content (AvgIpc) is 3.21. The number of hydrogen-bond donors (Lipinski definition) is 3. The van der Waals surface area contributed by atoms with Gasteiger partial charge in [-0.15, -0.1) is 0 Å². The third-order valence-corrected chi connectivity index (χ3v) is 11.0. The number of phosphoric acid groups is 1. The van der Waals surface area contributed by atoms with Gasteiger partial charge >= 0.3 is 13.8 Å². The Morgan fingerprint density at radius 2 is 0.931 bits per heavy atom. The Balaban J connectivity index is 3.62. The molecule has 9 nitrogen and oxygen atoms in total. The number of nitrogens with one attached hydrogen (secondary N) is 1. The maximum atomic E-state index is 12.1. The first-order valence-corrected chi connectivity index (χ1v) is 25.1. The van der Waals surface area contributed by atoms with Gasteiger partial charge in [0.1, 0.15) is 12.7 Å². The molecular weight excluding hydrogens is 750 g/mol. The lowest BCUT2D eigenvalue weighted by molar-refractivity contribution is -0.147. The van der Waals surface area contributed by atoms with Crippen LogP contribution in [0.15, 0.2) is 48.6 Å². The number of unbranched alkanes of at least 4 members (excludes halogenated alkanes) is 23. The van der Waals surface area contributed by atoms with Gasteiger partial charge in [-0.25, -0.2) is 4.57 Å². The molecule has 0 heterocycles. The molecule has 0 aromatic carbocycles. The molecular formula is C48H88NO8P. The molecule has 0 aromatic heterocycles. The van der Waals surface area contributed by atoms with E-state index >= 15 is 0 Å². The molecule has 0 spiro atoms. The fourth-order valence-electron chi connectivity index (χ4n) is 6.42. The highest BCUT2D eigenvalue weighted by Crippen LogP contribution is 2.42. The van der Waals surface area contributed by atoms with Gasteiger partial charge in [0.05, 0.1) is 13.2 Å². The molecule has 10 heteroatoms. The number of esters is 1. The zero-order valence-corrected chi connectivity index (χ0v) is 38.1. The number of carbonyl (C=O) groups is 2. The van der Waals surface area contributed by atoms with E-state index in [-0.39, 0.29) is 32.1 Å². The summed E-state index contributed by atoms with van der Waals surface area (Å²) in [4.78, 5) is 34.0. The lowest BCUT2D eigenvalue weighted by atomic mass is 10.0. The summed E-state index contributed by atoms with van der Waals surface area (Å²) in [6, 6.07) is 0. The number of hydrogen-bond acceptors (Lipinski definition) is 7. The lowest BCUT2D eigenvalue weighted by Crippen LogP contribution is -2.27. The van der Waals surface area contributed by atoms with Gasteiger partial charge in [-0.3, -0.25) is 18.6 Å². The number of carbonyl (C=O) groups excluding carboxylic acids is 2. The van der Waals surface area contributed by atoms with Crippen LogP contribution < -0.4 is 5.32 Å². The first kappa shape index (κ1) is 56.0. The first-order chi connectivity index (χ1) is 28.3. The molecule has 0 aliphatic heterocycles. The van der Waals surface area contributed by atoms with Gasteiger partial charge in [0, 0.05) is 19.4 Å². The SMILES string of the molecule is CCCCC/C=C\C/C=C\C/C=C\C/C=C\CCCCCCCC(=O)NCCOP(=O)(O)OCC(O)COC(=O)CCCCCCCCCCCCCCCCCC. The summed E-state index contributed by atoms with van der Waals surface area (Å²) in [5.41, 5.74) is 0. The first-order valence-electron chi connectivity index (χ1n) is 23.6. The van der Waals surface area contributed by atoms with Gasteiger partial charge < -0.3 is 20.1 Å². The van der Waals surface area contributed by atoms with E-state index in [1.54, 1.807) is 0 Å². The molecule has 338 valence electrons. The van der Waals surface area contributed by atoms with E-state index in [1.165, 1.54) is 109 Å². The van der Waals surface area contributed by atoms with Crippen molar-refractivity contribution < 1.29 is 37.9 Å². The largest absolute Gasteiger partial charge is 0.472 e. The van der Waals surface area contributed by atoms with Crippen LogP contribution in [0.3, 0.4) is 0 Å². The Morgan fingerprint density at radius 1 is 0.534 bits per heavy atom. The minimum Gasteiger partial charge on any atom is -0.463 e. The van der Waals surface area contributed by atoms with Crippen molar-refractivity contribution in [2.75, 3.05) is 26.4 Å². The van der Waals surface area contributed by atoms with Gasteiger partial charge in [-0.05, 0) is 57.8 Å². The summed E-state index contributed by atoms with van der Waals surface area (Å²) in [5.74, 6) is -0.530. The van der Waals surface area contributed by atoms with Gasteiger partial charge in [0.15, 0.2) is 0 Å². The Labute approximate surface area is 355 Å². The quantitative estimate of drug-likeness (QED) is 0.0239. The molecule has 0 rings (SSSR count). The molecule has 0 aromatic rings. The molecule has 58 heavy (non-hydrogen) atoms. The highest BCUT2D eigenvalue weighted by Gasteiger charge is 2.23. The van der Waals surface area contributed by atoms with Crippen LogP contribution in [-0.4, -0.2) is 54.3 Å². The van der Waals surface area contributed by atoms with E-state index in [1.807, 2.05) is 0 Å². The zero-order chi connectivity index (χ0) is 42.5. The predicted molar refractivity (Wildman–Crippen MR) is 243 cm³/mol. The molecule has 0 radical (unpaired) electrons. The number of rotatable bonds is 44. The van der Waals surface area contributed by atoms with Gasteiger partial charge in [0.2, 0.25) is 5.91 Å². The maximum absolute atomic E-state index is 12.1. The molecule has 3 N–H and O–H groups in total.